The summed E-state index contributed by atoms with van der Waals surface area (Å²) < 4.78 is 1.14. The molecule has 14 heavy (non-hydrogen) atoms. The van der Waals surface area contributed by atoms with E-state index in [2.05, 4.69) is 34.1 Å². The lowest BCUT2D eigenvalue weighted by molar-refractivity contribution is 0.545. The van der Waals surface area contributed by atoms with E-state index in [-0.39, 0.29) is 0 Å². The van der Waals surface area contributed by atoms with Crippen molar-refractivity contribution in [3.8, 4) is 0 Å². The summed E-state index contributed by atoms with van der Waals surface area (Å²) in [5.41, 5.74) is 1.36. The number of hydrogen-bond acceptors (Lipinski definition) is 1. The molecule has 75 valence electrons. The average molecular weight is 254 g/mol. The molecule has 0 spiro atoms. The second kappa shape index (κ2) is 6.77. The van der Waals surface area contributed by atoms with Crippen LogP contribution in [0, 0.1) is 0 Å². The molecule has 1 nitrogen and oxygen atoms in total. The van der Waals surface area contributed by atoms with Gasteiger partial charge >= 0.3 is 0 Å². The summed E-state index contributed by atoms with van der Waals surface area (Å²) in [6, 6.07) is 8.37. The highest BCUT2D eigenvalue weighted by atomic mass is 79.9. The number of halogens is 1. The Kier molecular flexibility index (Phi) is 5.53. The van der Waals surface area contributed by atoms with E-state index < -0.39 is 0 Å². The summed E-state index contributed by atoms with van der Waals surface area (Å²) in [4.78, 5) is 9.95. The third-order valence-corrected chi connectivity index (χ3v) is 2.63. The maximum Gasteiger partial charge on any atom is 0.198 e. The molecule has 0 aliphatic carbocycles. The highest BCUT2D eigenvalue weighted by Crippen LogP contribution is 2.14. The molecule has 0 heterocycles. The van der Waals surface area contributed by atoms with E-state index in [0.717, 1.165) is 30.2 Å². The molecule has 1 aromatic carbocycles. The summed E-state index contributed by atoms with van der Waals surface area (Å²) in [6.45, 7) is 0. The van der Waals surface area contributed by atoms with E-state index in [1.165, 1.54) is 5.56 Å². The Morgan fingerprint density at radius 3 is 2.79 bits per heavy atom. The number of hydrogen-bond donors (Lipinski definition) is 0. The summed E-state index contributed by atoms with van der Waals surface area (Å²) in [7, 11) is 0. The molecule has 0 aromatic heterocycles. The average Bonchev–Trinajstić information content (AvgIpc) is 2.18. The van der Waals surface area contributed by atoms with Gasteiger partial charge < -0.3 is 0 Å². The van der Waals surface area contributed by atoms with E-state index >= 15 is 0 Å². The van der Waals surface area contributed by atoms with Crippen LogP contribution in [0.15, 0.2) is 28.7 Å². The smallest absolute Gasteiger partial charge is 0.198 e. The largest absolute Gasteiger partial charge is 0.291 e. The van der Waals surface area contributed by atoms with Gasteiger partial charge in [-0.3, -0.25) is 4.79 Å². The van der Waals surface area contributed by atoms with Crippen LogP contribution < -0.4 is 0 Å². The zero-order chi connectivity index (χ0) is 10.2. The number of aryl methyl sites for hydroxylation is 1. The topological polar surface area (TPSA) is 17.1 Å². The fourth-order valence-corrected chi connectivity index (χ4v) is 1.84. The molecule has 0 atom stereocenters. The lowest BCUT2D eigenvalue weighted by Gasteiger charge is -2.00. The minimum absolute atomic E-state index is 0.582. The van der Waals surface area contributed by atoms with Crippen LogP contribution >= 0.6 is 15.9 Å². The van der Waals surface area contributed by atoms with E-state index in [0.29, 0.717) is 6.42 Å². The zero-order valence-electron chi connectivity index (χ0n) is 8.13. The third-order valence-electron chi connectivity index (χ3n) is 2.13. The standard InChI is InChI=1S/C12H14BrO/c13-12-8-5-7-11(10-12)6-3-1-2-4-9-14/h5,7-8,10H,1-4,6H2. The van der Waals surface area contributed by atoms with Crippen molar-refractivity contribution in [2.24, 2.45) is 0 Å². The van der Waals surface area contributed by atoms with Crippen LogP contribution in [0.4, 0.5) is 0 Å². The Morgan fingerprint density at radius 2 is 2.07 bits per heavy atom. The Bertz CT molecular complexity index is 283. The van der Waals surface area contributed by atoms with Gasteiger partial charge in [0, 0.05) is 10.9 Å². The fourth-order valence-electron chi connectivity index (χ4n) is 1.40. The molecular weight excluding hydrogens is 240 g/mol. The van der Waals surface area contributed by atoms with Crippen LogP contribution in [0.5, 0.6) is 0 Å². The third kappa shape index (κ3) is 4.56. The van der Waals surface area contributed by atoms with Gasteiger partial charge in [-0.1, -0.05) is 34.5 Å². The number of benzene rings is 1. The van der Waals surface area contributed by atoms with Crippen LogP contribution in [0.3, 0.4) is 0 Å². The highest BCUT2D eigenvalue weighted by molar-refractivity contribution is 9.10. The minimum atomic E-state index is 0.582. The second-order valence-corrected chi connectivity index (χ2v) is 4.25. The van der Waals surface area contributed by atoms with Crippen molar-refractivity contribution in [3.05, 3.63) is 34.3 Å². The summed E-state index contributed by atoms with van der Waals surface area (Å²) in [6.07, 6.45) is 6.83. The molecule has 0 amide bonds. The Labute approximate surface area is 93.7 Å². The van der Waals surface area contributed by atoms with Crippen molar-refractivity contribution < 1.29 is 4.79 Å². The van der Waals surface area contributed by atoms with Gasteiger partial charge in [0.15, 0.2) is 6.29 Å². The molecular formula is C12H14BrO. The van der Waals surface area contributed by atoms with Gasteiger partial charge in [-0.2, -0.15) is 0 Å². The molecule has 0 aliphatic rings. The van der Waals surface area contributed by atoms with Crippen LogP contribution in [-0.4, -0.2) is 6.29 Å². The first-order valence-electron chi connectivity index (χ1n) is 4.92. The van der Waals surface area contributed by atoms with E-state index in [1.54, 1.807) is 0 Å². The van der Waals surface area contributed by atoms with Crippen molar-refractivity contribution >= 4 is 22.2 Å². The quantitative estimate of drug-likeness (QED) is 0.708. The predicted molar refractivity (Wildman–Crippen MR) is 62.0 cm³/mol. The van der Waals surface area contributed by atoms with Crippen molar-refractivity contribution in [2.75, 3.05) is 0 Å². The second-order valence-electron chi connectivity index (χ2n) is 3.33. The molecule has 0 saturated carbocycles. The highest BCUT2D eigenvalue weighted by Gasteiger charge is 1.94. The molecule has 1 rings (SSSR count). The molecule has 0 N–H and O–H groups in total. The van der Waals surface area contributed by atoms with Gasteiger partial charge in [0.05, 0.1) is 0 Å². The minimum Gasteiger partial charge on any atom is -0.291 e. The van der Waals surface area contributed by atoms with Crippen molar-refractivity contribution in [1.82, 2.24) is 0 Å². The van der Waals surface area contributed by atoms with E-state index in [9.17, 15) is 4.79 Å². The van der Waals surface area contributed by atoms with Crippen LogP contribution in [-0.2, 0) is 11.2 Å². The molecule has 1 aromatic rings. The summed E-state index contributed by atoms with van der Waals surface area (Å²) in [5.74, 6) is 0. The maximum absolute atomic E-state index is 9.95. The number of carbonyl (C=O) groups excluding carboxylic acids is 1. The first kappa shape index (κ1) is 11.4. The predicted octanol–water partition coefficient (Wildman–Crippen LogP) is 3.66. The van der Waals surface area contributed by atoms with E-state index in [1.807, 2.05) is 12.4 Å². The Morgan fingerprint density at radius 1 is 1.21 bits per heavy atom. The van der Waals surface area contributed by atoms with Gasteiger partial charge in [-0.05, 0) is 37.0 Å². The molecule has 0 fully saturated rings. The Balaban J connectivity index is 2.21. The summed E-state index contributed by atoms with van der Waals surface area (Å²) >= 11 is 3.44. The lowest BCUT2D eigenvalue weighted by atomic mass is 10.1. The van der Waals surface area contributed by atoms with Crippen molar-refractivity contribution in [2.45, 2.75) is 32.1 Å². The number of rotatable bonds is 6. The van der Waals surface area contributed by atoms with Crippen LogP contribution in [0.2, 0.25) is 0 Å². The van der Waals surface area contributed by atoms with Crippen molar-refractivity contribution in [3.63, 3.8) is 0 Å². The molecule has 0 bridgehead atoms. The van der Waals surface area contributed by atoms with Gasteiger partial charge in [0.25, 0.3) is 0 Å². The zero-order valence-corrected chi connectivity index (χ0v) is 9.72. The monoisotopic (exact) mass is 253 g/mol. The van der Waals surface area contributed by atoms with Gasteiger partial charge in [0.2, 0.25) is 0 Å². The van der Waals surface area contributed by atoms with Crippen LogP contribution in [0.25, 0.3) is 0 Å². The van der Waals surface area contributed by atoms with Crippen molar-refractivity contribution in [1.29, 1.82) is 0 Å². The number of unbranched alkanes of at least 4 members (excludes halogenated alkanes) is 3. The van der Waals surface area contributed by atoms with Gasteiger partial charge in [-0.25, -0.2) is 0 Å². The molecule has 0 aliphatic heterocycles. The SMILES string of the molecule is O=[C]CCCCCc1cccc(Br)c1. The molecule has 0 unspecified atom stereocenters. The van der Waals surface area contributed by atoms with Gasteiger partial charge in [-0.15, -0.1) is 0 Å². The van der Waals surface area contributed by atoms with Crippen LogP contribution in [0.1, 0.15) is 31.2 Å². The summed E-state index contributed by atoms with van der Waals surface area (Å²) in [5, 5.41) is 0. The molecule has 0 saturated heterocycles. The first-order chi connectivity index (χ1) is 6.83. The normalized spacial score (nSPS) is 10.1. The maximum atomic E-state index is 9.95. The molecule has 2 heteroatoms. The lowest BCUT2D eigenvalue weighted by Crippen LogP contribution is -1.86. The fraction of sp³-hybridized carbons (Fsp3) is 0.417. The molecule has 1 radical (unpaired) electrons. The van der Waals surface area contributed by atoms with E-state index in [4.69, 9.17) is 0 Å². The Hall–Kier alpha value is -0.630. The van der Waals surface area contributed by atoms with Gasteiger partial charge in [0.1, 0.15) is 0 Å². The first-order valence-corrected chi connectivity index (χ1v) is 5.71.